The second-order valence-electron chi connectivity index (χ2n) is 4.61. The fourth-order valence-electron chi connectivity index (χ4n) is 2.08. The van der Waals surface area contributed by atoms with Gasteiger partial charge >= 0.3 is 0 Å². The molecule has 0 fully saturated rings. The number of halogens is 2. The average molecular weight is 330 g/mol. The van der Waals surface area contributed by atoms with Crippen LogP contribution in [0.3, 0.4) is 0 Å². The van der Waals surface area contributed by atoms with E-state index < -0.39 is 0 Å². The maximum Gasteiger partial charge on any atom is 0.0832 e. The Labute approximate surface area is 138 Å². The highest BCUT2D eigenvalue weighted by Gasteiger charge is 2.08. The number of benzene rings is 2. The molecule has 22 heavy (non-hydrogen) atoms. The van der Waals surface area contributed by atoms with Gasteiger partial charge in [0.15, 0.2) is 0 Å². The average Bonchev–Trinajstić information content (AvgIpc) is 2.99. The number of hydrogen-bond donors (Lipinski definition) is 1. The molecule has 1 N–H and O–H groups in total. The second kappa shape index (κ2) is 6.69. The van der Waals surface area contributed by atoms with Crippen molar-refractivity contribution in [3.63, 3.8) is 0 Å². The Bertz CT molecular complexity index is 795. The van der Waals surface area contributed by atoms with Crippen LogP contribution in [0.4, 0.5) is 5.69 Å². The van der Waals surface area contributed by atoms with Crippen LogP contribution in [0, 0.1) is 0 Å². The number of aromatic nitrogens is 1. The topological polar surface area (TPSA) is 29.3 Å². The van der Waals surface area contributed by atoms with Gasteiger partial charge in [0.2, 0.25) is 0 Å². The summed E-state index contributed by atoms with van der Waals surface area (Å²) in [5.41, 5.74) is 5.63. The van der Waals surface area contributed by atoms with Gasteiger partial charge in [-0.3, -0.25) is 5.43 Å². The molecule has 1 heterocycles. The predicted molar refractivity (Wildman–Crippen MR) is 93.4 cm³/mol. The molecule has 0 radical (unpaired) electrons. The lowest BCUT2D eigenvalue weighted by molar-refractivity contribution is 1.07. The minimum absolute atomic E-state index is 0.519. The van der Waals surface area contributed by atoms with E-state index in [1.165, 1.54) is 0 Å². The fourth-order valence-corrected chi connectivity index (χ4v) is 2.47. The molecular weight excluding hydrogens is 317 g/mol. The first kappa shape index (κ1) is 14.7. The van der Waals surface area contributed by atoms with Crippen molar-refractivity contribution in [2.45, 2.75) is 0 Å². The third kappa shape index (κ3) is 3.16. The van der Waals surface area contributed by atoms with Crippen LogP contribution in [0.1, 0.15) is 5.69 Å². The molecule has 0 spiro atoms. The lowest BCUT2D eigenvalue weighted by atomic mass is 10.3. The molecular formula is C17H13Cl2N3. The van der Waals surface area contributed by atoms with Crippen molar-refractivity contribution in [3.05, 3.63) is 82.6 Å². The molecule has 3 aromatic rings. The van der Waals surface area contributed by atoms with Gasteiger partial charge in [-0.25, -0.2) is 0 Å². The summed E-state index contributed by atoms with van der Waals surface area (Å²) in [5, 5.41) is 5.30. The molecule has 0 aliphatic rings. The molecule has 0 saturated heterocycles. The van der Waals surface area contributed by atoms with E-state index in [1.54, 1.807) is 12.3 Å². The molecule has 110 valence electrons. The van der Waals surface area contributed by atoms with E-state index in [-0.39, 0.29) is 0 Å². The molecule has 0 unspecified atom stereocenters. The van der Waals surface area contributed by atoms with Gasteiger partial charge in [0, 0.05) is 6.20 Å². The van der Waals surface area contributed by atoms with Crippen molar-refractivity contribution >= 4 is 35.1 Å². The van der Waals surface area contributed by atoms with Gasteiger partial charge in [0.25, 0.3) is 0 Å². The lowest BCUT2D eigenvalue weighted by Crippen LogP contribution is -2.00. The van der Waals surface area contributed by atoms with Crippen molar-refractivity contribution in [2.75, 3.05) is 5.43 Å². The Balaban J connectivity index is 1.85. The zero-order chi connectivity index (χ0) is 15.4. The van der Waals surface area contributed by atoms with E-state index in [4.69, 9.17) is 23.2 Å². The summed E-state index contributed by atoms with van der Waals surface area (Å²) in [4.78, 5) is 0. The third-order valence-corrected chi connectivity index (χ3v) is 3.94. The predicted octanol–water partition coefficient (Wildman–Crippen LogP) is 5.23. The van der Waals surface area contributed by atoms with Gasteiger partial charge in [-0.1, -0.05) is 47.5 Å². The quantitative estimate of drug-likeness (QED) is 0.515. The maximum atomic E-state index is 6.27. The molecule has 0 amide bonds. The SMILES string of the molecule is Clc1cccc(-n2cccc2/C=N\Nc2ccccc2)c1Cl. The monoisotopic (exact) mass is 329 g/mol. The van der Waals surface area contributed by atoms with Crippen molar-refractivity contribution in [2.24, 2.45) is 5.10 Å². The van der Waals surface area contributed by atoms with Crippen LogP contribution in [0.2, 0.25) is 10.0 Å². The number of anilines is 1. The van der Waals surface area contributed by atoms with Crippen LogP contribution in [0.25, 0.3) is 5.69 Å². The van der Waals surface area contributed by atoms with Gasteiger partial charge in [-0.15, -0.1) is 0 Å². The fraction of sp³-hybridized carbons (Fsp3) is 0. The highest BCUT2D eigenvalue weighted by Crippen LogP contribution is 2.29. The van der Waals surface area contributed by atoms with Gasteiger partial charge in [-0.2, -0.15) is 5.10 Å². The molecule has 1 aromatic heterocycles. The zero-order valence-corrected chi connectivity index (χ0v) is 13.1. The first-order chi connectivity index (χ1) is 10.8. The Kier molecular flexibility index (Phi) is 4.47. The van der Waals surface area contributed by atoms with Gasteiger partial charge in [0.1, 0.15) is 0 Å². The third-order valence-electron chi connectivity index (χ3n) is 3.14. The van der Waals surface area contributed by atoms with Crippen LogP contribution in [-0.4, -0.2) is 10.8 Å². The van der Waals surface area contributed by atoms with E-state index in [2.05, 4.69) is 10.5 Å². The molecule has 2 aromatic carbocycles. The van der Waals surface area contributed by atoms with Gasteiger partial charge in [-0.05, 0) is 36.4 Å². The molecule has 0 atom stereocenters. The second-order valence-corrected chi connectivity index (χ2v) is 5.40. The number of nitrogens with one attached hydrogen (secondary N) is 1. The molecule has 5 heteroatoms. The molecule has 0 saturated carbocycles. The molecule has 3 rings (SSSR count). The minimum Gasteiger partial charge on any atom is -0.314 e. The van der Waals surface area contributed by atoms with E-state index in [9.17, 15) is 0 Å². The zero-order valence-electron chi connectivity index (χ0n) is 11.6. The van der Waals surface area contributed by atoms with E-state index in [1.807, 2.05) is 65.4 Å². The Morgan fingerprint density at radius 1 is 0.909 bits per heavy atom. The number of para-hydroxylation sites is 1. The summed E-state index contributed by atoms with van der Waals surface area (Å²) in [6.45, 7) is 0. The smallest absolute Gasteiger partial charge is 0.0832 e. The summed E-state index contributed by atoms with van der Waals surface area (Å²) < 4.78 is 1.93. The Hall–Kier alpha value is -2.23. The molecule has 0 aliphatic heterocycles. The van der Waals surface area contributed by atoms with Gasteiger partial charge < -0.3 is 4.57 Å². The van der Waals surface area contributed by atoms with Crippen LogP contribution in [0.15, 0.2) is 72.0 Å². The van der Waals surface area contributed by atoms with Crippen molar-refractivity contribution < 1.29 is 0 Å². The standard InChI is InChI=1S/C17H13Cl2N3/c18-15-9-4-10-16(17(15)19)22-11-5-8-14(22)12-20-21-13-6-2-1-3-7-13/h1-12,21H/b20-12-. The van der Waals surface area contributed by atoms with Crippen LogP contribution in [0.5, 0.6) is 0 Å². The first-order valence-electron chi connectivity index (χ1n) is 6.71. The summed E-state index contributed by atoms with van der Waals surface area (Å²) in [5.74, 6) is 0. The molecule has 3 nitrogen and oxygen atoms in total. The molecule has 0 aliphatic carbocycles. The number of hydrogen-bond acceptors (Lipinski definition) is 2. The van der Waals surface area contributed by atoms with E-state index in [0.717, 1.165) is 17.1 Å². The summed E-state index contributed by atoms with van der Waals surface area (Å²) in [6, 6.07) is 19.2. The highest BCUT2D eigenvalue weighted by molar-refractivity contribution is 6.43. The van der Waals surface area contributed by atoms with E-state index in [0.29, 0.717) is 10.0 Å². The number of nitrogens with zero attached hydrogens (tertiary/aromatic N) is 2. The van der Waals surface area contributed by atoms with Crippen molar-refractivity contribution in [1.29, 1.82) is 0 Å². The molecule has 0 bridgehead atoms. The number of rotatable bonds is 4. The normalized spacial score (nSPS) is 11.0. The van der Waals surface area contributed by atoms with Crippen LogP contribution < -0.4 is 5.43 Å². The van der Waals surface area contributed by atoms with Crippen molar-refractivity contribution in [1.82, 2.24) is 4.57 Å². The Morgan fingerprint density at radius 2 is 1.73 bits per heavy atom. The van der Waals surface area contributed by atoms with Crippen LogP contribution in [-0.2, 0) is 0 Å². The number of hydrazone groups is 1. The van der Waals surface area contributed by atoms with Crippen molar-refractivity contribution in [3.8, 4) is 5.69 Å². The summed E-state index contributed by atoms with van der Waals surface area (Å²) in [6.07, 6.45) is 3.66. The largest absolute Gasteiger partial charge is 0.314 e. The lowest BCUT2D eigenvalue weighted by Gasteiger charge is -2.09. The Morgan fingerprint density at radius 3 is 2.55 bits per heavy atom. The minimum atomic E-state index is 0.519. The van der Waals surface area contributed by atoms with E-state index >= 15 is 0 Å². The van der Waals surface area contributed by atoms with Crippen LogP contribution >= 0.6 is 23.2 Å². The highest BCUT2D eigenvalue weighted by atomic mass is 35.5. The first-order valence-corrected chi connectivity index (χ1v) is 7.47. The maximum absolute atomic E-state index is 6.27. The summed E-state index contributed by atoms with van der Waals surface area (Å²) >= 11 is 12.3. The summed E-state index contributed by atoms with van der Waals surface area (Å²) in [7, 11) is 0. The van der Waals surface area contributed by atoms with Gasteiger partial charge in [0.05, 0.1) is 33.3 Å².